The topological polar surface area (TPSA) is 96.3 Å². The minimum absolute atomic E-state index is 0.0410. The summed E-state index contributed by atoms with van der Waals surface area (Å²) in [6.07, 6.45) is 8.60. The number of aliphatic carboxylic acids is 1. The number of ether oxygens (including phenoxy) is 2. The maximum atomic E-state index is 13.1. The Bertz CT molecular complexity index is 1040. The van der Waals surface area contributed by atoms with Gasteiger partial charge in [-0.15, -0.1) is 0 Å². The number of carbonyl (C=O) groups is 2. The highest BCUT2D eigenvalue weighted by Crippen LogP contribution is 2.88. The highest BCUT2D eigenvalue weighted by molar-refractivity contribution is 5.74. The van der Waals surface area contributed by atoms with Crippen molar-refractivity contribution in [2.45, 2.75) is 112 Å². The van der Waals surface area contributed by atoms with Gasteiger partial charge in [-0.2, -0.15) is 0 Å². The van der Waals surface area contributed by atoms with Crippen molar-refractivity contribution in [1.82, 2.24) is 4.90 Å². The minimum atomic E-state index is -0.829. The standard InChI is InChI=1S/C33H53NO6/c1-20-11-16-39-18-23(20)30(5)13-14-33-19-32(33)12-9-26(40-28(38)34-15-10-22(17-34)27(36)37)29(3,4)24(32)7-8-25(33)31(30,6)21(2)35/h20-26,35H,7-19H2,1-6H3,(H,36,37)/t20-,21+,22-,23-,24+,25?,26+,30-,31+,32-,33+/m1/s1. The number of hydrogen-bond acceptors (Lipinski definition) is 5. The van der Waals surface area contributed by atoms with Crippen molar-refractivity contribution in [2.24, 2.45) is 56.7 Å². The second kappa shape index (κ2) is 9.33. The third-order valence-corrected chi connectivity index (χ3v) is 14.6. The van der Waals surface area contributed by atoms with Crippen molar-refractivity contribution < 1.29 is 29.3 Å². The molecule has 1 unspecified atom stereocenters. The molecule has 4 saturated carbocycles. The van der Waals surface area contributed by atoms with Gasteiger partial charge in [0.25, 0.3) is 0 Å². The molecule has 6 rings (SSSR count). The Morgan fingerprint density at radius 3 is 2.33 bits per heavy atom. The third kappa shape index (κ3) is 3.67. The van der Waals surface area contributed by atoms with E-state index in [1.165, 1.54) is 12.8 Å². The first-order chi connectivity index (χ1) is 18.7. The molecule has 2 N–H and O–H groups in total. The van der Waals surface area contributed by atoms with E-state index in [1.54, 1.807) is 4.90 Å². The zero-order chi connectivity index (χ0) is 28.9. The second-order valence-electron chi connectivity index (χ2n) is 16.0. The van der Waals surface area contributed by atoms with Gasteiger partial charge in [0, 0.05) is 30.5 Å². The van der Waals surface area contributed by atoms with E-state index in [0.29, 0.717) is 36.6 Å². The molecule has 11 atom stereocenters. The smallest absolute Gasteiger partial charge is 0.410 e. The molecule has 7 heteroatoms. The highest BCUT2D eigenvalue weighted by atomic mass is 16.6. The van der Waals surface area contributed by atoms with E-state index in [9.17, 15) is 19.8 Å². The molecule has 2 saturated heterocycles. The molecular formula is C33H53NO6. The van der Waals surface area contributed by atoms with Crippen LogP contribution in [-0.4, -0.2) is 65.7 Å². The van der Waals surface area contributed by atoms with Crippen LogP contribution >= 0.6 is 0 Å². The third-order valence-electron chi connectivity index (χ3n) is 14.6. The lowest BCUT2D eigenvalue weighted by Gasteiger charge is -2.67. The largest absolute Gasteiger partial charge is 0.481 e. The summed E-state index contributed by atoms with van der Waals surface area (Å²) in [5.74, 6) is 0.762. The maximum absolute atomic E-state index is 13.1. The maximum Gasteiger partial charge on any atom is 0.410 e. The number of aliphatic hydroxyl groups excluding tert-OH is 1. The predicted octanol–water partition coefficient (Wildman–Crippen LogP) is 5.98. The molecular weight excluding hydrogens is 506 g/mol. The molecule has 0 aromatic heterocycles. The van der Waals surface area contributed by atoms with Gasteiger partial charge in [0.15, 0.2) is 0 Å². The monoisotopic (exact) mass is 559 g/mol. The van der Waals surface area contributed by atoms with Gasteiger partial charge in [0.1, 0.15) is 6.10 Å². The first-order valence-electron chi connectivity index (χ1n) is 16.2. The van der Waals surface area contributed by atoms with Crippen LogP contribution in [0.15, 0.2) is 0 Å². The number of amides is 1. The minimum Gasteiger partial charge on any atom is -0.481 e. The molecule has 40 heavy (non-hydrogen) atoms. The van der Waals surface area contributed by atoms with Gasteiger partial charge in [0.2, 0.25) is 0 Å². The molecule has 7 nitrogen and oxygen atoms in total. The Hall–Kier alpha value is -1.34. The Labute approximate surface area is 240 Å². The summed E-state index contributed by atoms with van der Waals surface area (Å²) in [5.41, 5.74) is 0.289. The lowest BCUT2D eigenvalue weighted by atomic mass is 9.38. The van der Waals surface area contributed by atoms with E-state index in [1.807, 2.05) is 0 Å². The molecule has 226 valence electrons. The first-order valence-corrected chi connectivity index (χ1v) is 16.2. The summed E-state index contributed by atoms with van der Waals surface area (Å²) < 4.78 is 12.3. The van der Waals surface area contributed by atoms with Crippen LogP contribution in [-0.2, 0) is 14.3 Å². The van der Waals surface area contributed by atoms with Crippen molar-refractivity contribution >= 4 is 12.1 Å². The van der Waals surface area contributed by atoms with E-state index in [-0.39, 0.29) is 51.9 Å². The summed E-state index contributed by atoms with van der Waals surface area (Å²) >= 11 is 0. The van der Waals surface area contributed by atoms with E-state index in [4.69, 9.17) is 9.47 Å². The average molecular weight is 560 g/mol. The van der Waals surface area contributed by atoms with Gasteiger partial charge >= 0.3 is 12.1 Å². The van der Waals surface area contributed by atoms with Crippen LogP contribution in [0.1, 0.15) is 99.3 Å². The number of rotatable bonds is 4. The van der Waals surface area contributed by atoms with E-state index in [2.05, 4.69) is 41.5 Å². The molecule has 0 aromatic carbocycles. The van der Waals surface area contributed by atoms with Crippen molar-refractivity contribution in [3.05, 3.63) is 0 Å². The van der Waals surface area contributed by atoms with Crippen molar-refractivity contribution in [2.75, 3.05) is 26.3 Å². The Balaban J connectivity index is 1.23. The van der Waals surface area contributed by atoms with Gasteiger partial charge in [-0.05, 0) is 105 Å². The van der Waals surface area contributed by atoms with Gasteiger partial charge < -0.3 is 24.6 Å². The number of nitrogens with zero attached hydrogens (tertiary/aromatic N) is 1. The summed E-state index contributed by atoms with van der Waals surface area (Å²) in [5, 5.41) is 21.0. The van der Waals surface area contributed by atoms with Crippen LogP contribution in [0.4, 0.5) is 4.79 Å². The number of carboxylic acid groups (broad SMARTS) is 1. The molecule has 6 aliphatic rings. The van der Waals surface area contributed by atoms with Gasteiger partial charge in [-0.25, -0.2) is 4.79 Å². The molecule has 0 bridgehead atoms. The lowest BCUT2D eigenvalue weighted by molar-refractivity contribution is -0.224. The molecule has 4 aliphatic carbocycles. The SMILES string of the molecule is C[C@@H]1CCOC[C@H]1[C@@]1(C)CC[C@@]23C[C@@]24CC[C@H](OC(=O)N2CC[C@@H](C(=O)O)C2)C(C)(C)[C@@H]4CCC3[C@]1(C)[C@H](C)O. The van der Waals surface area contributed by atoms with Crippen LogP contribution in [0.2, 0.25) is 0 Å². The molecule has 0 aromatic rings. The van der Waals surface area contributed by atoms with Crippen LogP contribution in [0.25, 0.3) is 0 Å². The fourth-order valence-corrected chi connectivity index (χ4v) is 12.0. The zero-order valence-electron chi connectivity index (χ0n) is 25.7. The normalized spacial score (nSPS) is 50.2. The zero-order valence-corrected chi connectivity index (χ0v) is 25.7. The van der Waals surface area contributed by atoms with Gasteiger partial charge in [0.05, 0.1) is 18.6 Å². The molecule has 1 amide bonds. The van der Waals surface area contributed by atoms with Crippen molar-refractivity contribution in [3.8, 4) is 0 Å². The van der Waals surface area contributed by atoms with E-state index in [0.717, 1.165) is 51.7 Å². The van der Waals surface area contributed by atoms with Crippen molar-refractivity contribution in [3.63, 3.8) is 0 Å². The number of hydrogen-bond donors (Lipinski definition) is 2. The summed E-state index contributed by atoms with van der Waals surface area (Å²) in [6, 6.07) is 0. The Kier molecular flexibility index (Phi) is 6.71. The number of aliphatic hydroxyl groups is 1. The predicted molar refractivity (Wildman–Crippen MR) is 152 cm³/mol. The highest BCUT2D eigenvalue weighted by Gasteiger charge is 2.82. The van der Waals surface area contributed by atoms with Crippen LogP contribution in [0, 0.1) is 56.7 Å². The average Bonchev–Trinajstić information content (AvgIpc) is 3.28. The van der Waals surface area contributed by atoms with Gasteiger partial charge in [-0.1, -0.05) is 34.6 Å². The molecule has 2 heterocycles. The number of carbonyl (C=O) groups excluding carboxylic acids is 1. The summed E-state index contributed by atoms with van der Waals surface area (Å²) in [4.78, 5) is 26.1. The van der Waals surface area contributed by atoms with Crippen LogP contribution < -0.4 is 0 Å². The molecule has 6 fully saturated rings. The second-order valence-corrected chi connectivity index (χ2v) is 16.0. The van der Waals surface area contributed by atoms with Gasteiger partial charge in [-0.3, -0.25) is 4.79 Å². The molecule has 2 aliphatic heterocycles. The molecule has 0 radical (unpaired) electrons. The number of carboxylic acids is 1. The fraction of sp³-hybridized carbons (Fsp3) is 0.939. The van der Waals surface area contributed by atoms with Crippen LogP contribution in [0.3, 0.4) is 0 Å². The quantitative estimate of drug-likeness (QED) is 0.440. The lowest BCUT2D eigenvalue weighted by Crippen LogP contribution is -2.64. The fourth-order valence-electron chi connectivity index (χ4n) is 12.0. The summed E-state index contributed by atoms with van der Waals surface area (Å²) in [7, 11) is 0. The molecule has 2 spiro atoms. The Morgan fingerprint density at radius 2 is 1.68 bits per heavy atom. The van der Waals surface area contributed by atoms with E-state index < -0.39 is 11.9 Å². The van der Waals surface area contributed by atoms with Crippen molar-refractivity contribution in [1.29, 1.82) is 0 Å². The van der Waals surface area contributed by atoms with E-state index >= 15 is 0 Å². The van der Waals surface area contributed by atoms with Crippen LogP contribution in [0.5, 0.6) is 0 Å². The first kappa shape index (κ1) is 28.8. The Morgan fingerprint density at radius 1 is 0.975 bits per heavy atom. The number of likely N-dealkylation sites (tertiary alicyclic amines) is 1. The summed E-state index contributed by atoms with van der Waals surface area (Å²) in [6.45, 7) is 16.4.